The average Bonchev–Trinajstić information content (AvgIpc) is 2.52. The third kappa shape index (κ3) is 3.69. The zero-order valence-electron chi connectivity index (χ0n) is 14.2. The average molecular weight is 300 g/mol. The molecule has 1 unspecified atom stereocenters. The first-order valence-electron chi connectivity index (χ1n) is 8.23. The van der Waals surface area contributed by atoms with Crippen LogP contribution in [0.3, 0.4) is 0 Å². The molecule has 2 heterocycles. The Morgan fingerprint density at radius 1 is 1.32 bits per heavy atom. The van der Waals surface area contributed by atoms with E-state index >= 15 is 0 Å². The molecule has 0 radical (unpaired) electrons. The molecule has 0 bridgehead atoms. The van der Waals surface area contributed by atoms with Crippen LogP contribution >= 0.6 is 0 Å². The van der Waals surface area contributed by atoms with E-state index in [0.29, 0.717) is 6.04 Å². The van der Waals surface area contributed by atoms with E-state index in [9.17, 15) is 0 Å². The van der Waals surface area contributed by atoms with E-state index in [4.69, 9.17) is 5.73 Å². The Labute approximate surface area is 133 Å². The number of aryl methyl sites for hydroxylation is 1. The maximum absolute atomic E-state index is 6.15. The zero-order valence-corrected chi connectivity index (χ0v) is 14.2. The van der Waals surface area contributed by atoms with Crippen LogP contribution in [0, 0.1) is 6.92 Å². The van der Waals surface area contributed by atoms with Crippen molar-refractivity contribution in [3.05, 3.63) is 30.0 Å². The fraction of sp³-hybridized carbons (Fsp3) is 0.500. The second kappa shape index (κ2) is 7.45. The Hall–Kier alpha value is -1.81. The van der Waals surface area contributed by atoms with Crippen molar-refractivity contribution >= 4 is 22.3 Å². The maximum Gasteiger partial charge on any atom is 0.0743 e. The van der Waals surface area contributed by atoms with Crippen LogP contribution < -0.4 is 11.1 Å². The molecule has 4 nitrogen and oxygen atoms in total. The van der Waals surface area contributed by atoms with E-state index in [2.05, 4.69) is 47.4 Å². The van der Waals surface area contributed by atoms with Crippen LogP contribution in [0.15, 0.2) is 24.4 Å². The summed E-state index contributed by atoms with van der Waals surface area (Å²) in [5, 5.41) is 4.77. The van der Waals surface area contributed by atoms with Crippen molar-refractivity contribution in [2.24, 2.45) is 0 Å². The third-order valence-corrected chi connectivity index (χ3v) is 4.03. The number of nitrogens with zero attached hydrogens (tertiary/aromatic N) is 2. The van der Waals surface area contributed by atoms with E-state index in [1.807, 2.05) is 13.8 Å². The fourth-order valence-electron chi connectivity index (χ4n) is 2.97. The van der Waals surface area contributed by atoms with Gasteiger partial charge >= 0.3 is 0 Å². The minimum Gasteiger partial charge on any atom is -0.396 e. The third-order valence-electron chi connectivity index (χ3n) is 4.03. The van der Waals surface area contributed by atoms with Gasteiger partial charge in [-0.3, -0.25) is 4.98 Å². The van der Waals surface area contributed by atoms with Crippen LogP contribution in [0.25, 0.3) is 10.9 Å². The summed E-state index contributed by atoms with van der Waals surface area (Å²) in [4.78, 5) is 6.78. The van der Waals surface area contributed by atoms with Gasteiger partial charge in [0.15, 0.2) is 0 Å². The maximum atomic E-state index is 6.15. The van der Waals surface area contributed by atoms with Crippen LogP contribution in [0.1, 0.15) is 32.3 Å². The molecule has 1 aliphatic rings. The minimum absolute atomic E-state index is 0.460. The first-order chi connectivity index (χ1) is 10.6. The highest BCUT2D eigenvalue weighted by Gasteiger charge is 2.18. The number of hydrogen-bond donors (Lipinski definition) is 2. The highest BCUT2D eigenvalue weighted by atomic mass is 15.1. The van der Waals surface area contributed by atoms with E-state index in [0.717, 1.165) is 28.8 Å². The summed E-state index contributed by atoms with van der Waals surface area (Å²) in [7, 11) is 2.17. The monoisotopic (exact) mass is 300 g/mol. The minimum atomic E-state index is 0.460. The molecule has 1 saturated heterocycles. The van der Waals surface area contributed by atoms with Gasteiger partial charge in [-0.15, -0.1) is 0 Å². The van der Waals surface area contributed by atoms with Crippen molar-refractivity contribution in [3.63, 3.8) is 0 Å². The summed E-state index contributed by atoms with van der Waals surface area (Å²) in [6.45, 7) is 8.35. The molecule has 1 aromatic heterocycles. The summed E-state index contributed by atoms with van der Waals surface area (Å²) < 4.78 is 0. The Balaban J connectivity index is 0.000000847. The molecule has 22 heavy (non-hydrogen) atoms. The fourth-order valence-corrected chi connectivity index (χ4v) is 2.97. The summed E-state index contributed by atoms with van der Waals surface area (Å²) in [5.74, 6) is 0. The number of likely N-dealkylation sites (tertiary alicyclic amines) is 1. The first-order valence-corrected chi connectivity index (χ1v) is 8.23. The molecule has 1 aromatic carbocycles. The number of anilines is 2. The number of benzene rings is 1. The number of fused-ring (bicyclic) bond motifs is 1. The SMILES string of the molecule is CC.Cc1ccc2ncc(N)c(NC3CCCN(C)C3)c2c1. The summed E-state index contributed by atoms with van der Waals surface area (Å²) >= 11 is 0. The molecule has 0 amide bonds. The van der Waals surface area contributed by atoms with Crippen molar-refractivity contribution in [2.45, 2.75) is 39.7 Å². The van der Waals surface area contributed by atoms with Gasteiger partial charge in [-0.05, 0) is 45.5 Å². The van der Waals surface area contributed by atoms with Gasteiger partial charge in [0.1, 0.15) is 0 Å². The standard InChI is InChI=1S/C16H22N4.C2H6/c1-11-5-6-15-13(8-11)16(14(17)9-18-15)19-12-4-3-7-20(2)10-12;1-2/h5-6,8-9,12H,3-4,7,10,17H2,1-2H3,(H,18,19);1-2H3. The van der Waals surface area contributed by atoms with Crippen LogP contribution in [-0.2, 0) is 0 Å². The topological polar surface area (TPSA) is 54.2 Å². The Morgan fingerprint density at radius 3 is 2.82 bits per heavy atom. The highest BCUT2D eigenvalue weighted by Crippen LogP contribution is 2.30. The lowest BCUT2D eigenvalue weighted by molar-refractivity contribution is 0.261. The van der Waals surface area contributed by atoms with Crippen molar-refractivity contribution in [1.82, 2.24) is 9.88 Å². The van der Waals surface area contributed by atoms with Crippen LogP contribution in [0.4, 0.5) is 11.4 Å². The van der Waals surface area contributed by atoms with Gasteiger partial charge in [0.25, 0.3) is 0 Å². The van der Waals surface area contributed by atoms with Crippen molar-refractivity contribution < 1.29 is 0 Å². The largest absolute Gasteiger partial charge is 0.396 e. The first kappa shape index (κ1) is 16.6. The van der Waals surface area contributed by atoms with E-state index in [1.165, 1.54) is 24.9 Å². The summed E-state index contributed by atoms with van der Waals surface area (Å²) in [6.07, 6.45) is 4.18. The number of nitrogens with one attached hydrogen (secondary N) is 1. The lowest BCUT2D eigenvalue weighted by atomic mass is 10.0. The normalized spacial score (nSPS) is 18.6. The van der Waals surface area contributed by atoms with E-state index in [1.54, 1.807) is 6.20 Å². The van der Waals surface area contributed by atoms with E-state index in [-0.39, 0.29) is 0 Å². The van der Waals surface area contributed by atoms with Gasteiger partial charge in [0.2, 0.25) is 0 Å². The molecule has 4 heteroatoms. The van der Waals surface area contributed by atoms with Gasteiger partial charge in [-0.1, -0.05) is 25.5 Å². The Kier molecular flexibility index (Phi) is 5.61. The van der Waals surface area contributed by atoms with Gasteiger partial charge < -0.3 is 16.0 Å². The second-order valence-corrected chi connectivity index (χ2v) is 5.85. The molecule has 2 aromatic rings. The Morgan fingerprint density at radius 2 is 2.09 bits per heavy atom. The quantitative estimate of drug-likeness (QED) is 0.889. The molecule has 0 aliphatic carbocycles. The molecule has 3 rings (SSSR count). The van der Waals surface area contributed by atoms with Crippen molar-refractivity contribution in [2.75, 3.05) is 31.2 Å². The van der Waals surface area contributed by atoms with Crippen LogP contribution in [0.2, 0.25) is 0 Å². The molecule has 3 N–H and O–H groups in total. The molecule has 120 valence electrons. The number of pyridine rings is 1. The van der Waals surface area contributed by atoms with Gasteiger partial charge in [-0.25, -0.2) is 0 Å². The lowest BCUT2D eigenvalue weighted by Crippen LogP contribution is -2.39. The molecule has 1 aliphatic heterocycles. The molecule has 0 saturated carbocycles. The number of hydrogen-bond acceptors (Lipinski definition) is 4. The number of nitrogens with two attached hydrogens (primary N) is 1. The van der Waals surface area contributed by atoms with Gasteiger partial charge in [-0.2, -0.15) is 0 Å². The van der Waals surface area contributed by atoms with Crippen LogP contribution in [0.5, 0.6) is 0 Å². The lowest BCUT2D eigenvalue weighted by Gasteiger charge is -2.31. The number of aromatic nitrogens is 1. The van der Waals surface area contributed by atoms with Crippen LogP contribution in [-0.4, -0.2) is 36.1 Å². The summed E-state index contributed by atoms with van der Waals surface area (Å²) in [5.41, 5.74) is 10.2. The zero-order chi connectivity index (χ0) is 16.1. The molecular weight excluding hydrogens is 272 g/mol. The van der Waals surface area contributed by atoms with Crippen molar-refractivity contribution in [3.8, 4) is 0 Å². The van der Waals surface area contributed by atoms with Crippen molar-refractivity contribution in [1.29, 1.82) is 0 Å². The molecule has 1 fully saturated rings. The summed E-state index contributed by atoms with van der Waals surface area (Å²) in [6, 6.07) is 6.77. The molecule has 1 atom stereocenters. The molecular formula is C18H28N4. The molecule has 0 spiro atoms. The number of nitrogen functional groups attached to an aromatic ring is 1. The van der Waals surface area contributed by atoms with E-state index < -0.39 is 0 Å². The van der Waals surface area contributed by atoms with Gasteiger partial charge in [0.05, 0.1) is 23.1 Å². The smallest absolute Gasteiger partial charge is 0.0743 e. The number of likely N-dealkylation sites (N-methyl/N-ethyl adjacent to an activating group) is 1. The number of rotatable bonds is 2. The second-order valence-electron chi connectivity index (χ2n) is 5.85. The highest BCUT2D eigenvalue weighted by molar-refractivity contribution is 5.97. The van der Waals surface area contributed by atoms with Gasteiger partial charge in [0, 0.05) is 18.0 Å². The predicted octanol–water partition coefficient (Wildman–Crippen LogP) is 3.66. The predicted molar refractivity (Wildman–Crippen MR) is 96.4 cm³/mol. The Bertz CT molecular complexity index is 619. The number of piperidine rings is 1.